The van der Waals surface area contributed by atoms with Gasteiger partial charge in [-0.3, -0.25) is 9.78 Å². The number of ketones is 1. The molecular weight excluding hydrogens is 388 g/mol. The number of nitrogens with zero attached hydrogens (tertiary/aromatic N) is 2. The molecule has 2 bridgehead atoms. The van der Waals surface area contributed by atoms with Gasteiger partial charge in [0.1, 0.15) is 6.10 Å². The van der Waals surface area contributed by atoms with Crippen molar-refractivity contribution >= 4 is 11.5 Å². The Morgan fingerprint density at radius 1 is 1.06 bits per heavy atom. The summed E-state index contributed by atoms with van der Waals surface area (Å²) in [4.78, 5) is 18.5. The lowest BCUT2D eigenvalue weighted by Gasteiger charge is -2.31. The third kappa shape index (κ3) is 4.32. The SMILES string of the molecule is COc1ccc(N(Cc2ccncc2)C2=CC(=O)CCC2)cc1OC1CC2CCC1C2. The first-order chi connectivity index (χ1) is 15.2. The van der Waals surface area contributed by atoms with Crippen molar-refractivity contribution in [1.82, 2.24) is 4.98 Å². The van der Waals surface area contributed by atoms with Crippen LogP contribution in [-0.4, -0.2) is 24.0 Å². The van der Waals surface area contributed by atoms with Crippen LogP contribution in [0.15, 0.2) is 54.5 Å². The summed E-state index contributed by atoms with van der Waals surface area (Å²) in [5, 5.41) is 0. The highest BCUT2D eigenvalue weighted by Gasteiger charge is 2.41. The van der Waals surface area contributed by atoms with E-state index in [2.05, 4.69) is 22.0 Å². The van der Waals surface area contributed by atoms with E-state index in [0.717, 1.165) is 53.6 Å². The van der Waals surface area contributed by atoms with Crippen LogP contribution in [0.5, 0.6) is 11.5 Å². The molecule has 1 heterocycles. The van der Waals surface area contributed by atoms with E-state index < -0.39 is 0 Å². The summed E-state index contributed by atoms with van der Waals surface area (Å²) < 4.78 is 12.2. The van der Waals surface area contributed by atoms with Gasteiger partial charge in [0, 0.05) is 48.9 Å². The van der Waals surface area contributed by atoms with Gasteiger partial charge in [0.05, 0.1) is 7.11 Å². The van der Waals surface area contributed by atoms with Crippen LogP contribution in [0.2, 0.25) is 0 Å². The van der Waals surface area contributed by atoms with Crippen LogP contribution >= 0.6 is 0 Å². The normalized spacial score (nSPS) is 24.7. The summed E-state index contributed by atoms with van der Waals surface area (Å²) in [5.74, 6) is 3.27. The number of pyridine rings is 1. The van der Waals surface area contributed by atoms with Crippen molar-refractivity contribution in [2.45, 2.75) is 57.6 Å². The van der Waals surface area contributed by atoms with Crippen molar-refractivity contribution in [3.8, 4) is 11.5 Å². The molecular formula is C26H30N2O3. The number of rotatable bonds is 7. The van der Waals surface area contributed by atoms with Crippen molar-refractivity contribution in [3.05, 3.63) is 60.1 Å². The average Bonchev–Trinajstić information content (AvgIpc) is 3.41. The summed E-state index contributed by atoms with van der Waals surface area (Å²) in [6.07, 6.45) is 13.2. The van der Waals surface area contributed by atoms with Crippen LogP contribution in [0.4, 0.5) is 5.69 Å². The van der Waals surface area contributed by atoms with Gasteiger partial charge in [0.2, 0.25) is 0 Å². The van der Waals surface area contributed by atoms with E-state index in [4.69, 9.17) is 9.47 Å². The number of fused-ring (bicyclic) bond motifs is 2. The molecule has 1 aromatic carbocycles. The number of methoxy groups -OCH3 is 1. The van der Waals surface area contributed by atoms with Crippen molar-refractivity contribution < 1.29 is 14.3 Å². The van der Waals surface area contributed by atoms with E-state index in [-0.39, 0.29) is 11.9 Å². The van der Waals surface area contributed by atoms with Crippen LogP contribution in [0, 0.1) is 11.8 Å². The predicted molar refractivity (Wildman–Crippen MR) is 120 cm³/mol. The quantitative estimate of drug-likeness (QED) is 0.611. The molecule has 3 aliphatic carbocycles. The molecule has 0 N–H and O–H groups in total. The monoisotopic (exact) mass is 418 g/mol. The first-order valence-electron chi connectivity index (χ1n) is 11.4. The second kappa shape index (κ2) is 8.74. The van der Waals surface area contributed by atoms with E-state index in [9.17, 15) is 4.79 Å². The minimum absolute atomic E-state index is 0.202. The third-order valence-corrected chi connectivity index (χ3v) is 7.03. The van der Waals surface area contributed by atoms with Gasteiger partial charge in [0.15, 0.2) is 17.3 Å². The molecule has 162 valence electrons. The predicted octanol–water partition coefficient (Wildman–Crippen LogP) is 5.30. The number of hydrogen-bond donors (Lipinski definition) is 0. The summed E-state index contributed by atoms with van der Waals surface area (Å²) in [5.41, 5.74) is 3.24. The fraction of sp³-hybridized carbons (Fsp3) is 0.462. The zero-order valence-corrected chi connectivity index (χ0v) is 18.1. The molecule has 3 aliphatic rings. The number of carbonyl (C=O) groups excluding carboxylic acids is 1. The molecule has 5 rings (SSSR count). The molecule has 0 spiro atoms. The van der Waals surface area contributed by atoms with Crippen molar-refractivity contribution in [1.29, 1.82) is 0 Å². The number of anilines is 1. The summed E-state index contributed by atoms with van der Waals surface area (Å²) >= 11 is 0. The van der Waals surface area contributed by atoms with Crippen LogP contribution in [-0.2, 0) is 11.3 Å². The highest BCUT2D eigenvalue weighted by molar-refractivity contribution is 5.91. The third-order valence-electron chi connectivity index (χ3n) is 7.03. The van der Waals surface area contributed by atoms with E-state index in [0.29, 0.717) is 18.9 Å². The smallest absolute Gasteiger partial charge is 0.163 e. The molecule has 0 saturated heterocycles. The Labute approximate surface area is 184 Å². The Kier molecular flexibility index (Phi) is 5.66. The average molecular weight is 419 g/mol. The van der Waals surface area contributed by atoms with Crippen LogP contribution in [0.25, 0.3) is 0 Å². The zero-order chi connectivity index (χ0) is 21.2. The first kappa shape index (κ1) is 20.1. The highest BCUT2D eigenvalue weighted by atomic mass is 16.5. The molecule has 2 aromatic rings. The van der Waals surface area contributed by atoms with Crippen LogP contribution < -0.4 is 14.4 Å². The molecule has 3 unspecified atom stereocenters. The van der Waals surface area contributed by atoms with Gasteiger partial charge in [-0.1, -0.05) is 0 Å². The summed E-state index contributed by atoms with van der Waals surface area (Å²) in [6, 6.07) is 10.2. The lowest BCUT2D eigenvalue weighted by molar-refractivity contribution is -0.115. The molecule has 1 aromatic heterocycles. The van der Waals surface area contributed by atoms with Crippen molar-refractivity contribution in [2.24, 2.45) is 11.8 Å². The second-order valence-electron chi connectivity index (χ2n) is 9.06. The minimum Gasteiger partial charge on any atom is -0.493 e. The van der Waals surface area contributed by atoms with Gasteiger partial charge in [-0.2, -0.15) is 0 Å². The number of ether oxygens (including phenoxy) is 2. The Bertz CT molecular complexity index is 972. The van der Waals surface area contributed by atoms with Crippen molar-refractivity contribution in [2.75, 3.05) is 12.0 Å². The second-order valence-corrected chi connectivity index (χ2v) is 9.06. The molecule has 0 aliphatic heterocycles. The van der Waals surface area contributed by atoms with E-state index >= 15 is 0 Å². The number of benzene rings is 1. The largest absolute Gasteiger partial charge is 0.493 e. The number of hydrogen-bond acceptors (Lipinski definition) is 5. The van der Waals surface area contributed by atoms with Gasteiger partial charge in [0.25, 0.3) is 0 Å². The molecule has 0 radical (unpaired) electrons. The fourth-order valence-corrected chi connectivity index (χ4v) is 5.44. The number of carbonyl (C=O) groups is 1. The molecule has 31 heavy (non-hydrogen) atoms. The van der Waals surface area contributed by atoms with Gasteiger partial charge in [-0.05, 0) is 80.2 Å². The first-order valence-corrected chi connectivity index (χ1v) is 11.4. The Hall–Kier alpha value is -2.82. The molecule has 2 saturated carbocycles. The maximum Gasteiger partial charge on any atom is 0.163 e. The number of aromatic nitrogens is 1. The fourth-order valence-electron chi connectivity index (χ4n) is 5.44. The minimum atomic E-state index is 0.202. The maximum absolute atomic E-state index is 12.2. The zero-order valence-electron chi connectivity index (χ0n) is 18.1. The van der Waals surface area contributed by atoms with Gasteiger partial charge >= 0.3 is 0 Å². The Morgan fingerprint density at radius 3 is 2.65 bits per heavy atom. The Balaban J connectivity index is 1.47. The molecule has 0 amide bonds. The van der Waals surface area contributed by atoms with Crippen molar-refractivity contribution in [3.63, 3.8) is 0 Å². The molecule has 5 nitrogen and oxygen atoms in total. The lowest BCUT2D eigenvalue weighted by Crippen LogP contribution is -2.26. The molecule has 5 heteroatoms. The van der Waals surface area contributed by atoms with Gasteiger partial charge < -0.3 is 14.4 Å². The van der Waals surface area contributed by atoms with E-state index in [1.165, 1.54) is 19.3 Å². The highest BCUT2D eigenvalue weighted by Crippen LogP contribution is 2.47. The molecule has 3 atom stereocenters. The maximum atomic E-state index is 12.2. The standard InChI is InChI=1S/C26H30N2O3/c1-30-24-8-7-22(16-26(24)31-25-14-19-5-6-20(25)13-19)28(17-18-9-11-27-12-10-18)21-3-2-4-23(29)15-21/h7-12,15-16,19-20,25H,2-6,13-14,17H2,1H3. The summed E-state index contributed by atoms with van der Waals surface area (Å²) in [7, 11) is 1.69. The van der Waals surface area contributed by atoms with E-state index in [1.54, 1.807) is 7.11 Å². The van der Waals surface area contributed by atoms with E-state index in [1.807, 2.05) is 36.7 Å². The summed E-state index contributed by atoms with van der Waals surface area (Å²) in [6.45, 7) is 0.682. The van der Waals surface area contributed by atoms with Gasteiger partial charge in [-0.15, -0.1) is 0 Å². The number of allylic oxidation sites excluding steroid dienone is 2. The van der Waals surface area contributed by atoms with Crippen LogP contribution in [0.3, 0.4) is 0 Å². The molecule has 2 fully saturated rings. The van der Waals surface area contributed by atoms with Gasteiger partial charge in [-0.25, -0.2) is 0 Å². The van der Waals surface area contributed by atoms with Crippen LogP contribution in [0.1, 0.15) is 50.5 Å². The lowest BCUT2D eigenvalue weighted by atomic mass is 9.97. The topological polar surface area (TPSA) is 51.7 Å². The Morgan fingerprint density at radius 2 is 1.94 bits per heavy atom.